The molecule has 2 amide bonds. The van der Waals surface area contributed by atoms with Crippen LogP contribution >= 0.6 is 0 Å². The van der Waals surface area contributed by atoms with Gasteiger partial charge in [0.1, 0.15) is 5.75 Å². The molecular weight excluding hydrogens is 306 g/mol. The number of rotatable bonds is 3. The van der Waals surface area contributed by atoms with E-state index in [0.29, 0.717) is 35.7 Å². The SMILES string of the molecule is N#Cc1cccc(NC(=O)Cc2ccc3c(c2)NC(=O)CCO3)c1. The third-order valence-electron chi connectivity index (χ3n) is 3.54. The van der Waals surface area contributed by atoms with Crippen molar-refractivity contribution in [3.63, 3.8) is 0 Å². The Morgan fingerprint density at radius 3 is 3.00 bits per heavy atom. The lowest BCUT2D eigenvalue weighted by atomic mass is 10.1. The summed E-state index contributed by atoms with van der Waals surface area (Å²) < 4.78 is 5.49. The summed E-state index contributed by atoms with van der Waals surface area (Å²) in [4.78, 5) is 23.8. The van der Waals surface area contributed by atoms with Crippen molar-refractivity contribution in [2.45, 2.75) is 12.8 Å². The van der Waals surface area contributed by atoms with Crippen molar-refractivity contribution in [2.24, 2.45) is 0 Å². The summed E-state index contributed by atoms with van der Waals surface area (Å²) in [6.45, 7) is 0.341. The van der Waals surface area contributed by atoms with Crippen LogP contribution < -0.4 is 15.4 Å². The van der Waals surface area contributed by atoms with Crippen LogP contribution in [0.1, 0.15) is 17.5 Å². The van der Waals surface area contributed by atoms with E-state index in [1.54, 1.807) is 42.5 Å². The van der Waals surface area contributed by atoms with Crippen molar-refractivity contribution in [1.82, 2.24) is 0 Å². The summed E-state index contributed by atoms with van der Waals surface area (Å²) in [5.41, 5.74) is 2.39. The Kier molecular flexibility index (Phi) is 4.43. The monoisotopic (exact) mass is 321 g/mol. The van der Waals surface area contributed by atoms with Gasteiger partial charge >= 0.3 is 0 Å². The second kappa shape index (κ2) is 6.84. The second-order valence-electron chi connectivity index (χ2n) is 5.39. The summed E-state index contributed by atoms with van der Waals surface area (Å²) in [7, 11) is 0. The van der Waals surface area contributed by atoms with Gasteiger partial charge in [-0.2, -0.15) is 5.26 Å². The summed E-state index contributed by atoms with van der Waals surface area (Å²) in [6, 6.07) is 14.0. The van der Waals surface area contributed by atoms with Crippen LogP contribution in [0.5, 0.6) is 5.75 Å². The minimum atomic E-state index is -0.203. The number of carbonyl (C=O) groups excluding carboxylic acids is 2. The lowest BCUT2D eigenvalue weighted by Crippen LogP contribution is -2.15. The van der Waals surface area contributed by atoms with Gasteiger partial charge in [-0.1, -0.05) is 12.1 Å². The normalized spacial score (nSPS) is 12.9. The molecule has 0 aromatic heterocycles. The molecule has 6 heteroatoms. The minimum absolute atomic E-state index is 0.108. The van der Waals surface area contributed by atoms with E-state index in [4.69, 9.17) is 10.00 Å². The van der Waals surface area contributed by atoms with Crippen LogP contribution in [0.2, 0.25) is 0 Å². The van der Waals surface area contributed by atoms with Crippen LogP contribution in [0.15, 0.2) is 42.5 Å². The van der Waals surface area contributed by atoms with Crippen LogP contribution in [0.4, 0.5) is 11.4 Å². The van der Waals surface area contributed by atoms with Crippen molar-refractivity contribution in [3.05, 3.63) is 53.6 Å². The average molecular weight is 321 g/mol. The smallest absolute Gasteiger partial charge is 0.228 e. The van der Waals surface area contributed by atoms with E-state index in [0.717, 1.165) is 5.56 Å². The number of nitriles is 1. The van der Waals surface area contributed by atoms with E-state index < -0.39 is 0 Å². The molecule has 6 nitrogen and oxygen atoms in total. The van der Waals surface area contributed by atoms with E-state index in [9.17, 15) is 9.59 Å². The van der Waals surface area contributed by atoms with Crippen molar-refractivity contribution >= 4 is 23.2 Å². The highest BCUT2D eigenvalue weighted by Gasteiger charge is 2.15. The molecule has 0 unspecified atom stereocenters. The number of nitrogens with one attached hydrogen (secondary N) is 2. The van der Waals surface area contributed by atoms with Crippen LogP contribution in [-0.2, 0) is 16.0 Å². The molecule has 0 saturated carbocycles. The fourth-order valence-corrected chi connectivity index (χ4v) is 2.43. The predicted molar refractivity (Wildman–Crippen MR) is 88.7 cm³/mol. The highest BCUT2D eigenvalue weighted by molar-refractivity contribution is 5.94. The predicted octanol–water partition coefficient (Wildman–Crippen LogP) is 2.46. The highest BCUT2D eigenvalue weighted by Crippen LogP contribution is 2.28. The first kappa shape index (κ1) is 15.6. The van der Waals surface area contributed by atoms with Gasteiger partial charge in [0.2, 0.25) is 11.8 Å². The molecule has 3 rings (SSSR count). The fourth-order valence-electron chi connectivity index (χ4n) is 2.43. The molecule has 0 atom stereocenters. The van der Waals surface area contributed by atoms with Crippen LogP contribution in [0.25, 0.3) is 0 Å². The Hall–Kier alpha value is -3.33. The standard InChI is InChI=1S/C18H15N3O3/c19-11-13-2-1-3-14(8-13)20-18(23)10-12-4-5-16-15(9-12)21-17(22)6-7-24-16/h1-5,8-9H,6-7,10H2,(H,20,23)(H,21,22). The van der Waals surface area contributed by atoms with Gasteiger partial charge in [0, 0.05) is 5.69 Å². The molecule has 2 aromatic carbocycles. The molecule has 0 aliphatic carbocycles. The Morgan fingerprint density at radius 1 is 1.29 bits per heavy atom. The lowest BCUT2D eigenvalue weighted by Gasteiger charge is -2.10. The molecular formula is C18H15N3O3. The van der Waals surface area contributed by atoms with Crippen LogP contribution in [0.3, 0.4) is 0 Å². The molecule has 120 valence electrons. The third kappa shape index (κ3) is 3.70. The zero-order chi connectivity index (χ0) is 16.9. The molecule has 0 radical (unpaired) electrons. The number of nitrogens with zero attached hydrogens (tertiary/aromatic N) is 1. The van der Waals surface area contributed by atoms with Crippen molar-refractivity contribution in [2.75, 3.05) is 17.2 Å². The molecule has 1 aliphatic rings. The fraction of sp³-hybridized carbons (Fsp3) is 0.167. The highest BCUT2D eigenvalue weighted by atomic mass is 16.5. The van der Waals surface area contributed by atoms with Gasteiger partial charge in [0.05, 0.1) is 36.8 Å². The minimum Gasteiger partial charge on any atom is -0.491 e. The molecule has 24 heavy (non-hydrogen) atoms. The van der Waals surface area contributed by atoms with E-state index in [-0.39, 0.29) is 18.2 Å². The van der Waals surface area contributed by atoms with E-state index in [1.165, 1.54) is 0 Å². The summed E-state index contributed by atoms with van der Waals surface area (Å²) >= 11 is 0. The molecule has 2 N–H and O–H groups in total. The van der Waals surface area contributed by atoms with Gasteiger partial charge < -0.3 is 15.4 Å². The topological polar surface area (TPSA) is 91.2 Å². The van der Waals surface area contributed by atoms with Gasteiger partial charge in [-0.3, -0.25) is 9.59 Å². The van der Waals surface area contributed by atoms with Gasteiger partial charge in [0.15, 0.2) is 0 Å². The summed E-state index contributed by atoms with van der Waals surface area (Å²) in [6.07, 6.45) is 0.458. The number of anilines is 2. The van der Waals surface area contributed by atoms with Gasteiger partial charge in [0.25, 0.3) is 0 Å². The first-order valence-electron chi connectivity index (χ1n) is 7.49. The number of hydrogen-bond donors (Lipinski definition) is 2. The zero-order valence-electron chi connectivity index (χ0n) is 12.8. The molecule has 1 heterocycles. The van der Waals surface area contributed by atoms with Crippen molar-refractivity contribution < 1.29 is 14.3 Å². The number of benzene rings is 2. The Morgan fingerprint density at radius 2 is 2.17 bits per heavy atom. The number of carbonyl (C=O) groups is 2. The number of ether oxygens (including phenoxy) is 1. The maximum Gasteiger partial charge on any atom is 0.228 e. The molecule has 0 bridgehead atoms. The molecule has 1 aliphatic heterocycles. The van der Waals surface area contributed by atoms with Gasteiger partial charge in [-0.05, 0) is 35.9 Å². The van der Waals surface area contributed by atoms with Gasteiger partial charge in [-0.25, -0.2) is 0 Å². The van der Waals surface area contributed by atoms with Crippen molar-refractivity contribution in [3.8, 4) is 11.8 Å². The number of hydrogen-bond acceptors (Lipinski definition) is 4. The van der Waals surface area contributed by atoms with Crippen LogP contribution in [0, 0.1) is 11.3 Å². The van der Waals surface area contributed by atoms with E-state index in [1.807, 2.05) is 6.07 Å². The van der Waals surface area contributed by atoms with Crippen LogP contribution in [-0.4, -0.2) is 18.4 Å². The maximum absolute atomic E-state index is 12.2. The lowest BCUT2D eigenvalue weighted by molar-refractivity contribution is -0.116. The summed E-state index contributed by atoms with van der Waals surface area (Å²) in [5, 5.41) is 14.4. The third-order valence-corrected chi connectivity index (χ3v) is 3.54. The molecule has 0 spiro atoms. The number of amides is 2. The molecule has 0 saturated heterocycles. The quantitative estimate of drug-likeness (QED) is 0.908. The number of fused-ring (bicyclic) bond motifs is 1. The zero-order valence-corrected chi connectivity index (χ0v) is 12.8. The first-order valence-corrected chi connectivity index (χ1v) is 7.49. The second-order valence-corrected chi connectivity index (χ2v) is 5.39. The van der Waals surface area contributed by atoms with E-state index in [2.05, 4.69) is 10.6 Å². The maximum atomic E-state index is 12.2. The first-order chi connectivity index (χ1) is 11.6. The largest absolute Gasteiger partial charge is 0.491 e. The van der Waals surface area contributed by atoms with Gasteiger partial charge in [-0.15, -0.1) is 0 Å². The average Bonchev–Trinajstić information content (AvgIpc) is 2.75. The van der Waals surface area contributed by atoms with E-state index >= 15 is 0 Å². The Balaban J connectivity index is 1.70. The Labute approximate surface area is 139 Å². The Bertz CT molecular complexity index is 840. The molecule has 0 fully saturated rings. The molecule has 2 aromatic rings. The van der Waals surface area contributed by atoms with Crippen molar-refractivity contribution in [1.29, 1.82) is 5.26 Å². The summed E-state index contributed by atoms with van der Waals surface area (Å²) in [5.74, 6) is 0.293.